The van der Waals surface area contributed by atoms with E-state index >= 15 is 0 Å². The minimum absolute atomic E-state index is 0.0221. The van der Waals surface area contributed by atoms with Gasteiger partial charge in [0.25, 0.3) is 5.91 Å². The number of nitrogens with one attached hydrogen (secondary N) is 1. The van der Waals surface area contributed by atoms with Crippen LogP contribution in [-0.2, 0) is 24.2 Å². The molecule has 1 aromatic heterocycles. The number of amides is 2. The Hall–Kier alpha value is -2.54. The molecule has 3 rings (SSSR count). The van der Waals surface area contributed by atoms with Crippen molar-refractivity contribution in [2.24, 2.45) is 5.92 Å². The Morgan fingerprint density at radius 3 is 2.61 bits per heavy atom. The maximum Gasteiger partial charge on any atom is 0.263 e. The van der Waals surface area contributed by atoms with Gasteiger partial charge in [0, 0.05) is 31.4 Å². The number of hydrogen-bond acceptors (Lipinski definition) is 5. The van der Waals surface area contributed by atoms with Gasteiger partial charge in [-0.15, -0.1) is 11.3 Å². The highest BCUT2D eigenvalue weighted by Gasteiger charge is 2.27. The van der Waals surface area contributed by atoms with Crippen LogP contribution in [0.1, 0.15) is 32.1 Å². The summed E-state index contributed by atoms with van der Waals surface area (Å²) in [5.41, 5.74) is 2.09. The maximum absolute atomic E-state index is 12.7. The lowest BCUT2D eigenvalue weighted by Gasteiger charge is -2.21. The predicted octanol–water partition coefficient (Wildman–Crippen LogP) is 2.89. The van der Waals surface area contributed by atoms with Crippen LogP contribution in [0.4, 0.5) is 0 Å². The van der Waals surface area contributed by atoms with Crippen molar-refractivity contribution >= 4 is 23.2 Å². The Morgan fingerprint density at radius 2 is 1.93 bits per heavy atom. The van der Waals surface area contributed by atoms with Gasteiger partial charge in [0.15, 0.2) is 11.5 Å². The molecule has 1 atom stereocenters. The van der Waals surface area contributed by atoms with E-state index in [4.69, 9.17) is 9.47 Å². The number of ether oxygens (including phenoxy) is 2. The zero-order chi connectivity index (χ0) is 20.3. The first-order valence-corrected chi connectivity index (χ1v) is 10.1. The van der Waals surface area contributed by atoms with Crippen LogP contribution in [0.3, 0.4) is 0 Å². The second-order valence-corrected chi connectivity index (χ2v) is 8.24. The van der Waals surface area contributed by atoms with Crippen molar-refractivity contribution in [2.75, 3.05) is 28.3 Å². The van der Waals surface area contributed by atoms with Gasteiger partial charge in [-0.05, 0) is 48.6 Å². The third-order valence-electron chi connectivity index (χ3n) is 4.99. The summed E-state index contributed by atoms with van der Waals surface area (Å²) >= 11 is 1.55. The molecule has 1 aliphatic carbocycles. The average Bonchev–Trinajstić information content (AvgIpc) is 3.14. The molecule has 2 amide bonds. The molecule has 1 aromatic carbocycles. The smallest absolute Gasteiger partial charge is 0.263 e. The minimum Gasteiger partial charge on any atom is -0.493 e. The van der Waals surface area contributed by atoms with Gasteiger partial charge in [-0.25, -0.2) is 0 Å². The van der Waals surface area contributed by atoms with Gasteiger partial charge in [-0.2, -0.15) is 0 Å². The highest BCUT2D eigenvalue weighted by molar-refractivity contribution is 7.14. The van der Waals surface area contributed by atoms with Gasteiger partial charge < -0.3 is 19.7 Å². The molecule has 2 aromatic rings. The third kappa shape index (κ3) is 4.30. The number of carbonyl (C=O) groups is 2. The molecule has 0 saturated carbocycles. The number of carbonyl (C=O) groups excluding carboxylic acids is 2. The van der Waals surface area contributed by atoms with E-state index in [1.54, 1.807) is 44.6 Å². The number of aryl methyl sites for hydroxylation is 1. The number of rotatable bonds is 6. The Kier molecular flexibility index (Phi) is 6.24. The lowest BCUT2D eigenvalue weighted by atomic mass is 9.87. The van der Waals surface area contributed by atoms with Crippen molar-refractivity contribution < 1.29 is 19.1 Å². The van der Waals surface area contributed by atoms with E-state index < -0.39 is 0 Å². The summed E-state index contributed by atoms with van der Waals surface area (Å²) < 4.78 is 10.6. The van der Waals surface area contributed by atoms with E-state index in [1.165, 1.54) is 4.88 Å². The summed E-state index contributed by atoms with van der Waals surface area (Å²) in [6, 6.07) is 7.58. The molecule has 0 unspecified atom stereocenters. The molecule has 1 aliphatic rings. The van der Waals surface area contributed by atoms with Gasteiger partial charge in [-0.1, -0.05) is 6.07 Å². The van der Waals surface area contributed by atoms with Gasteiger partial charge in [-0.3, -0.25) is 9.59 Å². The highest BCUT2D eigenvalue weighted by Crippen LogP contribution is 2.33. The van der Waals surface area contributed by atoms with Crippen LogP contribution in [0.25, 0.3) is 0 Å². The van der Waals surface area contributed by atoms with Gasteiger partial charge in [0.2, 0.25) is 5.91 Å². The quantitative estimate of drug-likeness (QED) is 0.807. The monoisotopic (exact) mass is 402 g/mol. The number of hydrogen-bond donors (Lipinski definition) is 1. The first kappa shape index (κ1) is 20.2. The van der Waals surface area contributed by atoms with E-state index in [0.29, 0.717) is 24.5 Å². The Labute approximate surface area is 169 Å². The maximum atomic E-state index is 12.7. The van der Waals surface area contributed by atoms with Crippen LogP contribution in [0.2, 0.25) is 0 Å². The molecule has 0 fully saturated rings. The predicted molar refractivity (Wildman–Crippen MR) is 109 cm³/mol. The fourth-order valence-electron chi connectivity index (χ4n) is 3.40. The second kappa shape index (κ2) is 8.65. The van der Waals surface area contributed by atoms with Crippen LogP contribution in [0.5, 0.6) is 11.5 Å². The van der Waals surface area contributed by atoms with Gasteiger partial charge >= 0.3 is 0 Å². The Morgan fingerprint density at radius 1 is 1.18 bits per heavy atom. The number of benzene rings is 1. The van der Waals surface area contributed by atoms with Crippen molar-refractivity contribution in [3.05, 3.63) is 45.1 Å². The third-order valence-corrected chi connectivity index (χ3v) is 6.21. The second-order valence-electron chi connectivity index (χ2n) is 7.11. The standard InChI is InChI=1S/C21H26N2O4S/c1-23(2)21(25)19-11-15-10-14(6-8-18(15)28-19)20(24)22-12-13-5-7-16(26-3)17(9-13)27-4/h5,7,9,11,14H,6,8,10,12H2,1-4H3,(H,22,24)/t14-/m1/s1. The van der Waals surface area contributed by atoms with Crippen molar-refractivity contribution in [1.29, 1.82) is 0 Å². The summed E-state index contributed by atoms with van der Waals surface area (Å²) in [5.74, 6) is 1.32. The van der Waals surface area contributed by atoms with Gasteiger partial charge in [0.1, 0.15) is 0 Å². The van der Waals surface area contributed by atoms with Crippen LogP contribution < -0.4 is 14.8 Å². The van der Waals surface area contributed by atoms with E-state index in [0.717, 1.165) is 28.8 Å². The molecule has 6 nitrogen and oxygen atoms in total. The van der Waals surface area contributed by atoms with E-state index in [2.05, 4.69) is 5.32 Å². The zero-order valence-electron chi connectivity index (χ0n) is 16.7. The Bertz CT molecular complexity index is 875. The van der Waals surface area contributed by atoms with Crippen LogP contribution in [0, 0.1) is 5.92 Å². The van der Waals surface area contributed by atoms with Crippen LogP contribution >= 0.6 is 11.3 Å². The molecule has 150 valence electrons. The summed E-state index contributed by atoms with van der Waals surface area (Å²) in [6.45, 7) is 0.441. The number of thiophene rings is 1. The number of nitrogens with zero attached hydrogens (tertiary/aromatic N) is 1. The fourth-order valence-corrected chi connectivity index (χ4v) is 4.63. The lowest BCUT2D eigenvalue weighted by molar-refractivity contribution is -0.125. The lowest BCUT2D eigenvalue weighted by Crippen LogP contribution is -2.33. The molecule has 28 heavy (non-hydrogen) atoms. The molecule has 0 aliphatic heterocycles. The van der Waals surface area contributed by atoms with Crippen LogP contribution in [0.15, 0.2) is 24.3 Å². The van der Waals surface area contributed by atoms with Crippen molar-refractivity contribution in [2.45, 2.75) is 25.8 Å². The molecule has 1 N–H and O–H groups in total. The summed E-state index contributed by atoms with van der Waals surface area (Å²) in [7, 11) is 6.70. The number of methoxy groups -OCH3 is 2. The molecule has 1 heterocycles. The van der Waals surface area contributed by atoms with Crippen molar-refractivity contribution in [3.63, 3.8) is 0 Å². The topological polar surface area (TPSA) is 67.9 Å². The van der Waals surface area contributed by atoms with E-state index in [-0.39, 0.29) is 17.7 Å². The minimum atomic E-state index is -0.0652. The average molecular weight is 403 g/mol. The molecule has 0 radical (unpaired) electrons. The van der Waals surface area contributed by atoms with Crippen molar-refractivity contribution in [3.8, 4) is 11.5 Å². The van der Waals surface area contributed by atoms with Gasteiger partial charge in [0.05, 0.1) is 19.1 Å². The molecular weight excluding hydrogens is 376 g/mol. The highest BCUT2D eigenvalue weighted by atomic mass is 32.1. The summed E-state index contributed by atoms with van der Waals surface area (Å²) in [6.07, 6.45) is 2.33. The van der Waals surface area contributed by atoms with Crippen LogP contribution in [-0.4, -0.2) is 45.0 Å². The van der Waals surface area contributed by atoms with E-state index in [1.807, 2.05) is 24.3 Å². The number of fused-ring (bicyclic) bond motifs is 1. The normalized spacial score (nSPS) is 15.5. The molecule has 7 heteroatoms. The Balaban J connectivity index is 1.61. The first-order chi connectivity index (χ1) is 13.4. The SMILES string of the molecule is COc1ccc(CNC(=O)[C@@H]2CCc3sc(C(=O)N(C)C)cc3C2)cc1OC. The molecular formula is C21H26N2O4S. The largest absolute Gasteiger partial charge is 0.493 e. The molecule has 0 spiro atoms. The zero-order valence-corrected chi connectivity index (χ0v) is 17.5. The molecule has 0 bridgehead atoms. The first-order valence-electron chi connectivity index (χ1n) is 9.24. The fraction of sp³-hybridized carbons (Fsp3) is 0.429. The molecule has 0 saturated heterocycles. The summed E-state index contributed by atoms with van der Waals surface area (Å²) in [5, 5.41) is 3.03. The van der Waals surface area contributed by atoms with Crippen molar-refractivity contribution in [1.82, 2.24) is 10.2 Å². The van der Waals surface area contributed by atoms with E-state index in [9.17, 15) is 9.59 Å². The summed E-state index contributed by atoms with van der Waals surface area (Å²) in [4.78, 5) is 28.4.